The molecule has 0 saturated carbocycles. The SMILES string of the molecule is COc1cccc(-c2nc(COC(=O)c3ccccc3C)cs2)c1. The fraction of sp³-hybridized carbons (Fsp3) is 0.158. The Morgan fingerprint density at radius 1 is 1.17 bits per heavy atom. The number of ether oxygens (including phenoxy) is 2. The van der Waals surface area contributed by atoms with Crippen molar-refractivity contribution in [3.05, 3.63) is 70.7 Å². The second-order valence-corrected chi connectivity index (χ2v) is 6.13. The Morgan fingerprint density at radius 2 is 2.00 bits per heavy atom. The van der Waals surface area contributed by atoms with Crippen LogP contribution < -0.4 is 4.74 Å². The van der Waals surface area contributed by atoms with Crippen LogP contribution in [0.1, 0.15) is 21.6 Å². The molecule has 1 heterocycles. The van der Waals surface area contributed by atoms with Crippen LogP contribution >= 0.6 is 11.3 Å². The molecule has 0 bridgehead atoms. The molecule has 5 heteroatoms. The number of aryl methyl sites for hydroxylation is 1. The van der Waals surface area contributed by atoms with Crippen molar-refractivity contribution in [2.75, 3.05) is 7.11 Å². The lowest BCUT2D eigenvalue weighted by molar-refractivity contribution is 0.0467. The van der Waals surface area contributed by atoms with Crippen LogP contribution in [0.25, 0.3) is 10.6 Å². The van der Waals surface area contributed by atoms with Crippen molar-refractivity contribution in [3.63, 3.8) is 0 Å². The average Bonchev–Trinajstić information content (AvgIpc) is 3.09. The highest BCUT2D eigenvalue weighted by atomic mass is 32.1. The zero-order chi connectivity index (χ0) is 16.9. The average molecular weight is 339 g/mol. The maximum atomic E-state index is 12.1. The summed E-state index contributed by atoms with van der Waals surface area (Å²) in [4.78, 5) is 16.7. The van der Waals surface area contributed by atoms with Gasteiger partial charge in [0.05, 0.1) is 18.4 Å². The van der Waals surface area contributed by atoms with Crippen LogP contribution in [-0.2, 0) is 11.3 Å². The molecule has 0 radical (unpaired) electrons. The maximum absolute atomic E-state index is 12.1. The highest BCUT2D eigenvalue weighted by molar-refractivity contribution is 7.13. The number of aromatic nitrogens is 1. The predicted molar refractivity (Wildman–Crippen MR) is 94.4 cm³/mol. The van der Waals surface area contributed by atoms with Gasteiger partial charge in [-0.2, -0.15) is 0 Å². The van der Waals surface area contributed by atoms with Gasteiger partial charge in [0.2, 0.25) is 0 Å². The summed E-state index contributed by atoms with van der Waals surface area (Å²) < 4.78 is 10.6. The van der Waals surface area contributed by atoms with Crippen LogP contribution in [0.3, 0.4) is 0 Å². The highest BCUT2D eigenvalue weighted by Gasteiger charge is 2.12. The zero-order valence-electron chi connectivity index (χ0n) is 13.5. The molecule has 0 spiro atoms. The number of esters is 1. The first kappa shape index (κ1) is 16.2. The van der Waals surface area contributed by atoms with E-state index in [2.05, 4.69) is 4.98 Å². The smallest absolute Gasteiger partial charge is 0.338 e. The quantitative estimate of drug-likeness (QED) is 0.643. The van der Waals surface area contributed by atoms with Gasteiger partial charge in [0.15, 0.2) is 0 Å². The lowest BCUT2D eigenvalue weighted by Gasteiger charge is -2.05. The van der Waals surface area contributed by atoms with Crippen molar-refractivity contribution in [3.8, 4) is 16.3 Å². The molecule has 24 heavy (non-hydrogen) atoms. The first-order valence-electron chi connectivity index (χ1n) is 7.49. The molecule has 0 saturated heterocycles. The lowest BCUT2D eigenvalue weighted by Crippen LogP contribution is -2.07. The molecule has 4 nitrogen and oxygen atoms in total. The van der Waals surface area contributed by atoms with E-state index in [1.165, 1.54) is 11.3 Å². The monoisotopic (exact) mass is 339 g/mol. The van der Waals surface area contributed by atoms with Gasteiger partial charge in [0.1, 0.15) is 17.4 Å². The number of benzene rings is 2. The van der Waals surface area contributed by atoms with Gasteiger partial charge < -0.3 is 9.47 Å². The van der Waals surface area contributed by atoms with E-state index < -0.39 is 0 Å². The van der Waals surface area contributed by atoms with Gasteiger partial charge in [-0.3, -0.25) is 0 Å². The van der Waals surface area contributed by atoms with E-state index in [1.54, 1.807) is 13.2 Å². The summed E-state index contributed by atoms with van der Waals surface area (Å²) in [6.45, 7) is 2.05. The van der Waals surface area contributed by atoms with Crippen molar-refractivity contribution in [1.29, 1.82) is 0 Å². The number of carbonyl (C=O) groups is 1. The van der Waals surface area contributed by atoms with Gasteiger partial charge in [0, 0.05) is 10.9 Å². The van der Waals surface area contributed by atoms with Crippen molar-refractivity contribution in [1.82, 2.24) is 4.98 Å². The van der Waals surface area contributed by atoms with E-state index in [1.807, 2.05) is 54.8 Å². The van der Waals surface area contributed by atoms with Crippen molar-refractivity contribution >= 4 is 17.3 Å². The van der Waals surface area contributed by atoms with Crippen molar-refractivity contribution in [2.24, 2.45) is 0 Å². The van der Waals surface area contributed by atoms with E-state index in [9.17, 15) is 4.79 Å². The summed E-state index contributed by atoms with van der Waals surface area (Å²) in [6.07, 6.45) is 0. The van der Waals surface area contributed by atoms with Crippen LogP contribution in [0.5, 0.6) is 5.75 Å². The van der Waals surface area contributed by atoms with Crippen LogP contribution in [-0.4, -0.2) is 18.1 Å². The minimum absolute atomic E-state index is 0.160. The van der Waals surface area contributed by atoms with E-state index >= 15 is 0 Å². The van der Waals surface area contributed by atoms with E-state index in [0.29, 0.717) is 5.56 Å². The zero-order valence-corrected chi connectivity index (χ0v) is 14.3. The van der Waals surface area contributed by atoms with Crippen LogP contribution in [0.15, 0.2) is 53.9 Å². The first-order valence-corrected chi connectivity index (χ1v) is 8.37. The fourth-order valence-electron chi connectivity index (χ4n) is 2.28. The number of carbonyl (C=O) groups excluding carboxylic acids is 1. The summed E-state index contributed by atoms with van der Waals surface area (Å²) in [5, 5.41) is 2.77. The predicted octanol–water partition coefficient (Wildman–Crippen LogP) is 4.48. The van der Waals surface area contributed by atoms with Gasteiger partial charge in [-0.25, -0.2) is 9.78 Å². The third kappa shape index (κ3) is 3.63. The molecular weight excluding hydrogens is 322 g/mol. The maximum Gasteiger partial charge on any atom is 0.338 e. The fourth-order valence-corrected chi connectivity index (χ4v) is 3.08. The van der Waals surface area contributed by atoms with Crippen LogP contribution in [0, 0.1) is 6.92 Å². The molecule has 0 fully saturated rings. The number of rotatable bonds is 5. The molecule has 0 aliphatic heterocycles. The summed E-state index contributed by atoms with van der Waals surface area (Å²) in [5.74, 6) is 0.458. The molecule has 0 N–H and O–H groups in total. The van der Waals surface area contributed by atoms with Gasteiger partial charge in [0.25, 0.3) is 0 Å². The number of hydrogen-bond acceptors (Lipinski definition) is 5. The summed E-state index contributed by atoms with van der Waals surface area (Å²) in [5.41, 5.74) is 3.20. The first-order chi connectivity index (χ1) is 11.7. The van der Waals surface area contributed by atoms with Gasteiger partial charge in [-0.1, -0.05) is 30.3 Å². The van der Waals surface area contributed by atoms with Crippen LogP contribution in [0.4, 0.5) is 0 Å². The molecule has 0 aliphatic carbocycles. The third-order valence-electron chi connectivity index (χ3n) is 3.58. The standard InChI is InChI=1S/C19H17NO3S/c1-13-6-3-4-9-17(13)19(21)23-11-15-12-24-18(20-15)14-7-5-8-16(10-14)22-2/h3-10,12H,11H2,1-2H3. The minimum atomic E-state index is -0.330. The normalized spacial score (nSPS) is 10.4. The van der Waals surface area contributed by atoms with Crippen LogP contribution in [0.2, 0.25) is 0 Å². The highest BCUT2D eigenvalue weighted by Crippen LogP contribution is 2.27. The topological polar surface area (TPSA) is 48.4 Å². The summed E-state index contributed by atoms with van der Waals surface area (Å²) in [6, 6.07) is 15.1. The Kier molecular flexibility index (Phi) is 4.91. The molecule has 0 atom stereocenters. The molecule has 0 aliphatic rings. The summed E-state index contributed by atoms with van der Waals surface area (Å²) >= 11 is 1.51. The molecule has 2 aromatic carbocycles. The van der Waals surface area contributed by atoms with E-state index in [0.717, 1.165) is 27.6 Å². The van der Waals surface area contributed by atoms with Gasteiger partial charge >= 0.3 is 5.97 Å². The third-order valence-corrected chi connectivity index (χ3v) is 4.52. The Morgan fingerprint density at radius 3 is 2.79 bits per heavy atom. The molecule has 122 valence electrons. The second-order valence-electron chi connectivity index (χ2n) is 5.27. The molecule has 1 aromatic heterocycles. The number of thiazole rings is 1. The van der Waals surface area contributed by atoms with E-state index in [4.69, 9.17) is 9.47 Å². The molecule has 0 amide bonds. The molecule has 3 aromatic rings. The number of nitrogens with zero attached hydrogens (tertiary/aromatic N) is 1. The van der Waals surface area contributed by atoms with Crippen molar-refractivity contribution < 1.29 is 14.3 Å². The van der Waals surface area contributed by atoms with Gasteiger partial charge in [-0.15, -0.1) is 11.3 Å². The summed E-state index contributed by atoms with van der Waals surface area (Å²) in [7, 11) is 1.64. The van der Waals surface area contributed by atoms with Crippen molar-refractivity contribution in [2.45, 2.75) is 13.5 Å². The number of methoxy groups -OCH3 is 1. The minimum Gasteiger partial charge on any atom is -0.497 e. The van der Waals surface area contributed by atoms with E-state index in [-0.39, 0.29) is 12.6 Å². The number of hydrogen-bond donors (Lipinski definition) is 0. The largest absolute Gasteiger partial charge is 0.497 e. The Hall–Kier alpha value is -2.66. The van der Waals surface area contributed by atoms with Gasteiger partial charge in [-0.05, 0) is 30.7 Å². The Bertz CT molecular complexity index is 857. The molecular formula is C19H17NO3S. The second kappa shape index (κ2) is 7.27. The lowest BCUT2D eigenvalue weighted by atomic mass is 10.1. The Balaban J connectivity index is 1.68. The molecule has 3 rings (SSSR count). The molecule has 0 unspecified atom stereocenters. The Labute approximate surface area is 144 Å².